The van der Waals surface area contributed by atoms with Gasteiger partial charge in [0.1, 0.15) is 0 Å². The van der Waals surface area contributed by atoms with Gasteiger partial charge in [0.15, 0.2) is 5.75 Å². The molecule has 0 saturated carbocycles. The molecule has 1 aromatic carbocycles. The van der Waals surface area contributed by atoms with Gasteiger partial charge < -0.3 is 20.5 Å². The van der Waals surface area contributed by atoms with Gasteiger partial charge in [0.2, 0.25) is 0 Å². The number of esters is 1. The van der Waals surface area contributed by atoms with Crippen molar-refractivity contribution in [3.8, 4) is 5.75 Å². The molecule has 1 aliphatic rings. The molecule has 140 valence electrons. The molecule has 1 aliphatic heterocycles. The van der Waals surface area contributed by atoms with Crippen molar-refractivity contribution >= 4 is 17.7 Å². The minimum Gasteiger partial charge on any atom is -0.502 e. The molecule has 1 heterocycles. The molecular weight excluding hydrogens is 342 g/mol. The number of phenolic OH excluding ortho intramolecular Hbond substituents is 1. The van der Waals surface area contributed by atoms with E-state index in [1.165, 1.54) is 6.07 Å². The lowest BCUT2D eigenvalue weighted by molar-refractivity contribution is -0.385. The normalized spacial score (nSPS) is 16.7. The Balaban J connectivity index is 2.33. The van der Waals surface area contributed by atoms with E-state index in [1.807, 2.05) is 6.92 Å². The first-order valence-electron chi connectivity index (χ1n) is 8.27. The van der Waals surface area contributed by atoms with E-state index in [-0.39, 0.29) is 12.2 Å². The van der Waals surface area contributed by atoms with Gasteiger partial charge in [-0.3, -0.25) is 10.1 Å². The summed E-state index contributed by atoms with van der Waals surface area (Å²) in [4.78, 5) is 34.6. The Morgan fingerprint density at radius 2 is 2.12 bits per heavy atom. The Kier molecular flexibility index (Phi) is 6.16. The van der Waals surface area contributed by atoms with E-state index in [0.29, 0.717) is 11.3 Å². The number of nitrogens with zero attached hydrogens (tertiary/aromatic N) is 1. The SMILES string of the molecule is CCCCCOC(=O)C1=C(C)NC(=O)NC1c1ccc(O)c([N+](=O)[O-])c1. The molecule has 2 rings (SSSR count). The fourth-order valence-corrected chi connectivity index (χ4v) is 2.68. The van der Waals surface area contributed by atoms with Crippen LogP contribution in [0, 0.1) is 10.1 Å². The van der Waals surface area contributed by atoms with E-state index in [2.05, 4.69) is 10.6 Å². The number of nitrogens with one attached hydrogen (secondary N) is 2. The number of carbonyl (C=O) groups is 2. The van der Waals surface area contributed by atoms with Crippen molar-refractivity contribution in [1.82, 2.24) is 10.6 Å². The fourth-order valence-electron chi connectivity index (χ4n) is 2.68. The summed E-state index contributed by atoms with van der Waals surface area (Å²) in [5.74, 6) is -1.10. The number of unbranched alkanes of at least 4 members (excludes halogenated alkanes) is 2. The number of nitro benzene ring substituents is 1. The fraction of sp³-hybridized carbons (Fsp3) is 0.412. The zero-order chi connectivity index (χ0) is 19.3. The highest BCUT2D eigenvalue weighted by Crippen LogP contribution is 2.33. The Hall–Kier alpha value is -3.10. The highest BCUT2D eigenvalue weighted by Gasteiger charge is 2.33. The van der Waals surface area contributed by atoms with Crippen LogP contribution in [0.25, 0.3) is 0 Å². The van der Waals surface area contributed by atoms with Gasteiger partial charge in [-0.05, 0) is 25.0 Å². The first kappa shape index (κ1) is 19.2. The molecule has 0 aliphatic carbocycles. The Labute approximate surface area is 150 Å². The summed E-state index contributed by atoms with van der Waals surface area (Å²) in [6.07, 6.45) is 2.63. The van der Waals surface area contributed by atoms with Gasteiger partial charge in [0.25, 0.3) is 0 Å². The quantitative estimate of drug-likeness (QED) is 0.295. The van der Waals surface area contributed by atoms with Crippen LogP contribution < -0.4 is 10.6 Å². The highest BCUT2D eigenvalue weighted by atomic mass is 16.6. The molecular formula is C17H21N3O6. The smallest absolute Gasteiger partial charge is 0.338 e. The maximum Gasteiger partial charge on any atom is 0.338 e. The van der Waals surface area contributed by atoms with Gasteiger partial charge in [0, 0.05) is 11.8 Å². The van der Waals surface area contributed by atoms with Crippen LogP contribution in [0.1, 0.15) is 44.7 Å². The lowest BCUT2D eigenvalue weighted by atomic mass is 9.95. The van der Waals surface area contributed by atoms with Crippen LogP contribution >= 0.6 is 0 Å². The number of urea groups is 1. The third kappa shape index (κ3) is 4.29. The van der Waals surface area contributed by atoms with Crippen molar-refractivity contribution in [3.05, 3.63) is 45.1 Å². The summed E-state index contributed by atoms with van der Waals surface area (Å²) >= 11 is 0. The van der Waals surface area contributed by atoms with Gasteiger partial charge in [-0.25, -0.2) is 9.59 Å². The second-order valence-corrected chi connectivity index (χ2v) is 5.92. The van der Waals surface area contributed by atoms with E-state index < -0.39 is 34.4 Å². The summed E-state index contributed by atoms with van der Waals surface area (Å²) < 4.78 is 5.27. The number of hydrogen-bond donors (Lipinski definition) is 3. The third-order valence-corrected chi connectivity index (χ3v) is 4.00. The van der Waals surface area contributed by atoms with Crippen molar-refractivity contribution < 1.29 is 24.4 Å². The van der Waals surface area contributed by atoms with Crippen LogP contribution in [-0.4, -0.2) is 28.6 Å². The van der Waals surface area contributed by atoms with Crippen LogP contribution in [0.4, 0.5) is 10.5 Å². The molecule has 26 heavy (non-hydrogen) atoms. The lowest BCUT2D eigenvalue weighted by Gasteiger charge is -2.28. The van der Waals surface area contributed by atoms with E-state index in [9.17, 15) is 24.8 Å². The molecule has 1 unspecified atom stereocenters. The monoisotopic (exact) mass is 363 g/mol. The highest BCUT2D eigenvalue weighted by molar-refractivity contribution is 5.95. The van der Waals surface area contributed by atoms with Gasteiger partial charge in [-0.2, -0.15) is 0 Å². The van der Waals surface area contributed by atoms with E-state index in [0.717, 1.165) is 31.4 Å². The molecule has 0 bridgehead atoms. The molecule has 0 aromatic heterocycles. The van der Waals surface area contributed by atoms with Crippen LogP contribution in [0.15, 0.2) is 29.5 Å². The maximum absolute atomic E-state index is 12.5. The van der Waals surface area contributed by atoms with Gasteiger partial charge in [0.05, 0.1) is 23.1 Å². The maximum atomic E-state index is 12.5. The summed E-state index contributed by atoms with van der Waals surface area (Å²) in [6, 6.07) is 2.24. The molecule has 0 radical (unpaired) electrons. The number of amides is 2. The Bertz CT molecular complexity index is 759. The molecule has 3 N–H and O–H groups in total. The minimum atomic E-state index is -0.915. The molecule has 1 aromatic rings. The molecule has 0 fully saturated rings. The lowest BCUT2D eigenvalue weighted by Crippen LogP contribution is -2.45. The number of hydrogen-bond acceptors (Lipinski definition) is 6. The number of ether oxygens (including phenoxy) is 1. The van der Waals surface area contributed by atoms with Crippen molar-refractivity contribution in [3.63, 3.8) is 0 Å². The van der Waals surface area contributed by atoms with Crippen LogP contribution in [0.5, 0.6) is 5.75 Å². The largest absolute Gasteiger partial charge is 0.502 e. The first-order valence-corrected chi connectivity index (χ1v) is 8.27. The van der Waals surface area contributed by atoms with Crippen molar-refractivity contribution in [2.75, 3.05) is 6.61 Å². The molecule has 0 spiro atoms. The van der Waals surface area contributed by atoms with Gasteiger partial charge >= 0.3 is 17.7 Å². The number of rotatable bonds is 7. The van der Waals surface area contributed by atoms with Crippen molar-refractivity contribution in [1.29, 1.82) is 0 Å². The average molecular weight is 363 g/mol. The van der Waals surface area contributed by atoms with Crippen molar-refractivity contribution in [2.24, 2.45) is 0 Å². The minimum absolute atomic E-state index is 0.168. The molecule has 1 atom stereocenters. The molecule has 0 saturated heterocycles. The van der Waals surface area contributed by atoms with Gasteiger partial charge in [-0.1, -0.05) is 25.8 Å². The van der Waals surface area contributed by atoms with Gasteiger partial charge in [-0.15, -0.1) is 0 Å². The number of aromatic hydroxyl groups is 1. The predicted octanol–water partition coefficient (Wildman–Crippen LogP) is 2.66. The van der Waals surface area contributed by atoms with E-state index >= 15 is 0 Å². The molecule has 9 heteroatoms. The zero-order valence-corrected chi connectivity index (χ0v) is 14.6. The van der Waals surface area contributed by atoms with Crippen molar-refractivity contribution in [2.45, 2.75) is 39.2 Å². The predicted molar refractivity (Wildman–Crippen MR) is 92.4 cm³/mol. The Morgan fingerprint density at radius 1 is 1.38 bits per heavy atom. The van der Waals surface area contributed by atoms with Crippen LogP contribution in [0.2, 0.25) is 0 Å². The standard InChI is InChI=1S/C17H21N3O6/c1-3-4-5-8-26-16(22)14-10(2)18-17(23)19-15(14)11-6-7-13(21)12(9-11)20(24)25/h6-7,9,15,21H,3-5,8H2,1-2H3,(H2,18,19,23). The summed E-state index contributed by atoms with van der Waals surface area (Å²) in [7, 11) is 0. The second-order valence-electron chi connectivity index (χ2n) is 5.92. The average Bonchev–Trinajstić information content (AvgIpc) is 2.58. The van der Waals surface area contributed by atoms with Crippen LogP contribution in [0.3, 0.4) is 0 Å². The first-order chi connectivity index (χ1) is 12.3. The Morgan fingerprint density at radius 3 is 2.77 bits per heavy atom. The summed E-state index contributed by atoms with van der Waals surface area (Å²) in [5, 5.41) is 25.7. The number of nitro groups is 1. The zero-order valence-electron chi connectivity index (χ0n) is 14.6. The number of allylic oxidation sites excluding steroid dienone is 1. The summed E-state index contributed by atoms with van der Waals surface area (Å²) in [6.45, 7) is 3.84. The number of phenols is 1. The number of benzene rings is 1. The number of carbonyl (C=O) groups excluding carboxylic acids is 2. The van der Waals surface area contributed by atoms with Crippen LogP contribution in [-0.2, 0) is 9.53 Å². The van der Waals surface area contributed by atoms with E-state index in [4.69, 9.17) is 4.74 Å². The molecule has 2 amide bonds. The van der Waals surface area contributed by atoms with E-state index in [1.54, 1.807) is 6.92 Å². The second kappa shape index (κ2) is 8.32. The summed E-state index contributed by atoms with van der Waals surface area (Å²) in [5.41, 5.74) is 0.267. The topological polar surface area (TPSA) is 131 Å². The third-order valence-electron chi connectivity index (χ3n) is 4.00. The molecule has 9 nitrogen and oxygen atoms in total.